The highest BCUT2D eigenvalue weighted by Crippen LogP contribution is 2.19. The first-order chi connectivity index (χ1) is 16.2. The molecular formula is C26H32N4O4. The number of fused-ring (bicyclic) bond motifs is 1. The lowest BCUT2D eigenvalue weighted by atomic mass is 9.99. The predicted molar refractivity (Wildman–Crippen MR) is 130 cm³/mol. The number of hydrogen-bond acceptors (Lipinski definition) is 4. The molecule has 3 N–H and O–H groups in total. The third-order valence-corrected chi connectivity index (χ3v) is 5.88. The zero-order chi connectivity index (χ0) is 24.8. The van der Waals surface area contributed by atoms with Crippen molar-refractivity contribution in [1.82, 2.24) is 15.5 Å². The summed E-state index contributed by atoms with van der Waals surface area (Å²) < 4.78 is 0. The Morgan fingerprint density at radius 1 is 0.882 bits per heavy atom. The van der Waals surface area contributed by atoms with E-state index in [0.29, 0.717) is 12.1 Å². The van der Waals surface area contributed by atoms with Crippen molar-refractivity contribution in [3.63, 3.8) is 0 Å². The van der Waals surface area contributed by atoms with Gasteiger partial charge in [0.25, 0.3) is 5.91 Å². The predicted octanol–water partition coefficient (Wildman–Crippen LogP) is 2.36. The fourth-order valence-electron chi connectivity index (χ4n) is 3.98. The second-order valence-electron chi connectivity index (χ2n) is 9.08. The number of nitrogens with one attached hydrogen (secondary N) is 3. The maximum atomic E-state index is 13.5. The Morgan fingerprint density at radius 2 is 1.53 bits per heavy atom. The van der Waals surface area contributed by atoms with E-state index in [-0.39, 0.29) is 23.8 Å². The number of para-hydroxylation sites is 1. The summed E-state index contributed by atoms with van der Waals surface area (Å²) in [7, 11) is 1.58. The topological polar surface area (TPSA) is 108 Å². The molecule has 180 valence electrons. The summed E-state index contributed by atoms with van der Waals surface area (Å²) in [5, 5.41) is 8.28. The van der Waals surface area contributed by atoms with E-state index in [0.717, 1.165) is 5.56 Å². The number of rotatable bonds is 4. The maximum absolute atomic E-state index is 13.5. The molecule has 0 saturated heterocycles. The van der Waals surface area contributed by atoms with Crippen LogP contribution in [-0.4, -0.2) is 53.7 Å². The van der Waals surface area contributed by atoms with Gasteiger partial charge in [0.1, 0.15) is 18.1 Å². The van der Waals surface area contributed by atoms with E-state index in [1.54, 1.807) is 38.2 Å². The van der Waals surface area contributed by atoms with Gasteiger partial charge < -0.3 is 20.9 Å². The number of carbonyl (C=O) groups excluding carboxylic acids is 4. The van der Waals surface area contributed by atoms with Gasteiger partial charge in [-0.3, -0.25) is 19.2 Å². The van der Waals surface area contributed by atoms with Crippen molar-refractivity contribution in [2.45, 2.75) is 51.7 Å². The van der Waals surface area contributed by atoms with Gasteiger partial charge in [0.15, 0.2) is 0 Å². The quantitative estimate of drug-likeness (QED) is 0.646. The normalized spacial score (nSPS) is 22.0. The lowest BCUT2D eigenvalue weighted by Crippen LogP contribution is -2.56. The third-order valence-electron chi connectivity index (χ3n) is 5.88. The summed E-state index contributed by atoms with van der Waals surface area (Å²) in [4.78, 5) is 54.2. The van der Waals surface area contributed by atoms with Gasteiger partial charge in [-0.2, -0.15) is 0 Å². The maximum Gasteiger partial charge on any atom is 0.254 e. The van der Waals surface area contributed by atoms with Crippen LogP contribution in [-0.2, 0) is 20.8 Å². The molecule has 0 saturated carbocycles. The third kappa shape index (κ3) is 6.01. The Hall–Kier alpha value is -3.68. The lowest BCUT2D eigenvalue weighted by molar-refractivity contribution is -0.141. The molecule has 0 unspecified atom stereocenters. The number of hydrogen-bond donors (Lipinski definition) is 3. The molecule has 1 aliphatic rings. The zero-order valence-corrected chi connectivity index (χ0v) is 20.0. The SMILES string of the molecule is CC(C)C[C@H]1NC(=O)[C@@H](C)NC(=O)c2ccccc2NC(=O)[C@@H](Cc2ccccc2)N(C)C1=O. The Balaban J connectivity index is 2.05. The van der Waals surface area contributed by atoms with Crippen LogP contribution in [0.15, 0.2) is 54.6 Å². The van der Waals surface area contributed by atoms with Crippen LogP contribution < -0.4 is 16.0 Å². The molecule has 4 amide bonds. The van der Waals surface area contributed by atoms with Gasteiger partial charge in [-0.05, 0) is 37.0 Å². The van der Waals surface area contributed by atoms with Crippen LogP contribution in [0.4, 0.5) is 5.69 Å². The highest BCUT2D eigenvalue weighted by atomic mass is 16.2. The van der Waals surface area contributed by atoms with E-state index in [1.165, 1.54) is 4.90 Å². The standard InChI is InChI=1S/C26H32N4O4/c1-16(2)14-21-26(34)30(4)22(15-18-10-6-5-7-11-18)25(33)28-20-13-9-8-12-19(20)24(32)27-17(3)23(31)29-21/h5-13,16-17,21-22H,14-15H2,1-4H3,(H,27,32)(H,28,33)(H,29,31)/t17-,21-,22-/m1/s1. The first-order valence-electron chi connectivity index (χ1n) is 11.5. The van der Waals surface area contributed by atoms with E-state index in [2.05, 4.69) is 16.0 Å². The van der Waals surface area contributed by atoms with Gasteiger partial charge in [-0.1, -0.05) is 56.3 Å². The molecule has 0 radical (unpaired) electrons. The molecule has 0 spiro atoms. The Bertz CT molecular complexity index is 1050. The second-order valence-corrected chi connectivity index (χ2v) is 9.08. The van der Waals surface area contributed by atoms with E-state index < -0.39 is 35.8 Å². The molecule has 34 heavy (non-hydrogen) atoms. The molecule has 0 bridgehead atoms. The Labute approximate surface area is 200 Å². The first kappa shape index (κ1) is 25.0. The summed E-state index contributed by atoms with van der Waals surface area (Å²) in [6.07, 6.45) is 0.678. The highest BCUT2D eigenvalue weighted by Gasteiger charge is 2.34. The molecule has 1 aliphatic heterocycles. The second kappa shape index (κ2) is 11.0. The molecule has 8 heteroatoms. The fraction of sp³-hybridized carbons (Fsp3) is 0.385. The number of likely N-dealkylation sites (N-methyl/N-ethyl adjacent to an activating group) is 1. The molecule has 3 rings (SSSR count). The summed E-state index contributed by atoms with van der Waals surface area (Å²) in [6.45, 7) is 5.47. The van der Waals surface area contributed by atoms with Gasteiger partial charge in [0.2, 0.25) is 17.7 Å². The van der Waals surface area contributed by atoms with Crippen molar-refractivity contribution in [3.05, 3.63) is 65.7 Å². The van der Waals surface area contributed by atoms with Gasteiger partial charge in [0.05, 0.1) is 11.3 Å². The summed E-state index contributed by atoms with van der Waals surface area (Å²) in [5.41, 5.74) is 1.44. The smallest absolute Gasteiger partial charge is 0.254 e. The summed E-state index contributed by atoms with van der Waals surface area (Å²) in [6, 6.07) is 13.5. The largest absolute Gasteiger partial charge is 0.343 e. The first-order valence-corrected chi connectivity index (χ1v) is 11.5. The van der Waals surface area contributed by atoms with Crippen molar-refractivity contribution in [2.75, 3.05) is 12.4 Å². The van der Waals surface area contributed by atoms with E-state index in [4.69, 9.17) is 0 Å². The number of anilines is 1. The van der Waals surface area contributed by atoms with Crippen LogP contribution in [0.3, 0.4) is 0 Å². The van der Waals surface area contributed by atoms with Gasteiger partial charge >= 0.3 is 0 Å². The van der Waals surface area contributed by atoms with Crippen molar-refractivity contribution >= 4 is 29.3 Å². The molecule has 2 aromatic carbocycles. The average molecular weight is 465 g/mol. The van der Waals surface area contributed by atoms with Crippen LogP contribution in [0.25, 0.3) is 0 Å². The number of carbonyl (C=O) groups is 4. The summed E-state index contributed by atoms with van der Waals surface area (Å²) >= 11 is 0. The minimum absolute atomic E-state index is 0.119. The number of amides is 4. The van der Waals surface area contributed by atoms with E-state index in [1.807, 2.05) is 44.2 Å². The van der Waals surface area contributed by atoms with Crippen molar-refractivity contribution in [2.24, 2.45) is 5.92 Å². The van der Waals surface area contributed by atoms with Gasteiger partial charge in [-0.25, -0.2) is 0 Å². The lowest BCUT2D eigenvalue weighted by Gasteiger charge is -2.32. The monoisotopic (exact) mass is 464 g/mol. The molecule has 3 atom stereocenters. The number of nitrogens with zero attached hydrogens (tertiary/aromatic N) is 1. The van der Waals surface area contributed by atoms with Crippen LogP contribution in [0, 0.1) is 5.92 Å². The fourth-order valence-corrected chi connectivity index (χ4v) is 3.98. The van der Waals surface area contributed by atoms with E-state index >= 15 is 0 Å². The average Bonchev–Trinajstić information content (AvgIpc) is 2.81. The summed E-state index contributed by atoms with van der Waals surface area (Å²) in [5.74, 6) is -1.60. The van der Waals surface area contributed by atoms with Crippen molar-refractivity contribution in [1.29, 1.82) is 0 Å². The highest BCUT2D eigenvalue weighted by molar-refractivity contribution is 6.07. The molecule has 1 heterocycles. The molecule has 0 fully saturated rings. The minimum Gasteiger partial charge on any atom is -0.343 e. The Kier molecular flexibility index (Phi) is 8.04. The van der Waals surface area contributed by atoms with Crippen molar-refractivity contribution < 1.29 is 19.2 Å². The van der Waals surface area contributed by atoms with Gasteiger partial charge in [-0.15, -0.1) is 0 Å². The van der Waals surface area contributed by atoms with Crippen LogP contribution in [0.1, 0.15) is 43.1 Å². The van der Waals surface area contributed by atoms with Crippen LogP contribution in [0.5, 0.6) is 0 Å². The van der Waals surface area contributed by atoms with Crippen LogP contribution >= 0.6 is 0 Å². The number of benzene rings is 2. The molecule has 0 aliphatic carbocycles. The molecular weight excluding hydrogens is 432 g/mol. The van der Waals surface area contributed by atoms with Gasteiger partial charge in [0, 0.05) is 13.5 Å². The molecule has 2 aromatic rings. The van der Waals surface area contributed by atoms with Crippen molar-refractivity contribution in [3.8, 4) is 0 Å². The van der Waals surface area contributed by atoms with Crippen LogP contribution in [0.2, 0.25) is 0 Å². The molecule has 0 aromatic heterocycles. The Morgan fingerprint density at radius 3 is 2.21 bits per heavy atom. The minimum atomic E-state index is -0.870. The zero-order valence-electron chi connectivity index (χ0n) is 20.0. The van der Waals surface area contributed by atoms with E-state index in [9.17, 15) is 19.2 Å². The molecule has 8 nitrogen and oxygen atoms in total.